The minimum absolute atomic E-state index is 0.304. The Hall–Kier alpha value is -0.0800. The third-order valence-corrected chi connectivity index (χ3v) is 1.91. The van der Waals surface area contributed by atoms with Crippen LogP contribution in [0.15, 0.2) is 18.2 Å². The lowest BCUT2D eigenvalue weighted by Crippen LogP contribution is -1.85. The van der Waals surface area contributed by atoms with Gasteiger partial charge in [0.25, 0.3) is 0 Å². The van der Waals surface area contributed by atoms with Gasteiger partial charge >= 0.3 is 0 Å². The molecule has 0 spiro atoms. The van der Waals surface area contributed by atoms with Crippen LogP contribution in [0.5, 0.6) is 0 Å². The van der Waals surface area contributed by atoms with E-state index in [1.165, 1.54) is 12.1 Å². The van der Waals surface area contributed by atoms with Crippen LogP contribution in [0.4, 0.5) is 4.39 Å². The van der Waals surface area contributed by atoms with E-state index < -0.39 is 0 Å². The Balaban J connectivity index is 2.90. The zero-order valence-electron chi connectivity index (χ0n) is 5.65. The summed E-state index contributed by atoms with van der Waals surface area (Å²) in [7, 11) is 0. The van der Waals surface area contributed by atoms with Crippen molar-refractivity contribution in [1.29, 1.82) is 0 Å². The fraction of sp³-hybridized carbons (Fsp3) is 0.125. The third-order valence-electron chi connectivity index (χ3n) is 1.26. The quantitative estimate of drug-likeness (QED) is 0.690. The number of halogens is 3. The number of alkyl halides is 1. The van der Waals surface area contributed by atoms with Crippen molar-refractivity contribution in [2.24, 2.45) is 0 Å². The first-order chi connectivity index (χ1) is 5.24. The van der Waals surface area contributed by atoms with Gasteiger partial charge in [0.2, 0.25) is 0 Å². The van der Waals surface area contributed by atoms with Crippen molar-refractivity contribution in [3.05, 3.63) is 41.0 Å². The Morgan fingerprint density at radius 3 is 2.82 bits per heavy atom. The molecule has 1 radical (unpaired) electrons. The number of benzene rings is 1. The van der Waals surface area contributed by atoms with Gasteiger partial charge in [-0.3, -0.25) is 0 Å². The van der Waals surface area contributed by atoms with Gasteiger partial charge in [0.1, 0.15) is 5.82 Å². The molecule has 0 N–H and O–H groups in total. The highest BCUT2D eigenvalue weighted by Crippen LogP contribution is 2.19. The predicted molar refractivity (Wildman–Crippen MR) is 48.6 cm³/mol. The molecule has 0 atom stereocenters. The first-order valence-corrected chi connectivity index (χ1v) is 4.58. The monoisotopic (exact) mass is 235 g/mol. The Bertz CT molecular complexity index is 250. The fourth-order valence-corrected chi connectivity index (χ4v) is 1.34. The van der Waals surface area contributed by atoms with Crippen molar-refractivity contribution >= 4 is 27.5 Å². The first kappa shape index (κ1) is 9.01. The maximum absolute atomic E-state index is 12.5. The summed E-state index contributed by atoms with van der Waals surface area (Å²) in [6.45, 7) is 0. The second-order valence-corrected chi connectivity index (χ2v) is 3.08. The van der Waals surface area contributed by atoms with Crippen LogP contribution in [-0.4, -0.2) is 5.33 Å². The van der Waals surface area contributed by atoms with Crippen LogP contribution in [-0.2, 0) is 0 Å². The maximum Gasteiger partial charge on any atom is 0.124 e. The van der Waals surface area contributed by atoms with Crippen molar-refractivity contribution < 1.29 is 4.39 Å². The summed E-state index contributed by atoms with van der Waals surface area (Å²) in [5.74, 6) is -0.304. The second-order valence-electron chi connectivity index (χ2n) is 2.02. The van der Waals surface area contributed by atoms with Gasteiger partial charge in [-0.1, -0.05) is 33.6 Å². The molecule has 0 aliphatic carbocycles. The van der Waals surface area contributed by atoms with Crippen LogP contribution in [0.25, 0.3) is 0 Å². The van der Waals surface area contributed by atoms with Gasteiger partial charge in [-0.15, -0.1) is 0 Å². The van der Waals surface area contributed by atoms with Gasteiger partial charge in [-0.25, -0.2) is 4.39 Å². The molecule has 0 bridgehead atoms. The summed E-state index contributed by atoms with van der Waals surface area (Å²) in [4.78, 5) is 0. The molecule has 0 aromatic heterocycles. The van der Waals surface area contributed by atoms with E-state index >= 15 is 0 Å². The van der Waals surface area contributed by atoms with Gasteiger partial charge in [-0.2, -0.15) is 0 Å². The molecule has 0 nitrogen and oxygen atoms in total. The molecule has 0 fully saturated rings. The fourth-order valence-electron chi connectivity index (χ4n) is 0.750. The molecule has 11 heavy (non-hydrogen) atoms. The van der Waals surface area contributed by atoms with Crippen molar-refractivity contribution in [2.75, 3.05) is 5.33 Å². The van der Waals surface area contributed by atoms with E-state index in [-0.39, 0.29) is 5.82 Å². The van der Waals surface area contributed by atoms with E-state index in [9.17, 15) is 4.39 Å². The topological polar surface area (TPSA) is 0 Å². The van der Waals surface area contributed by atoms with Gasteiger partial charge in [-0.05, 0) is 17.7 Å². The molecule has 59 valence electrons. The molecule has 0 saturated heterocycles. The molecule has 1 aromatic rings. The summed E-state index contributed by atoms with van der Waals surface area (Å²) in [6, 6.07) is 4.34. The van der Waals surface area contributed by atoms with Crippen LogP contribution < -0.4 is 0 Å². The predicted octanol–water partition coefficient (Wildman–Crippen LogP) is 3.43. The van der Waals surface area contributed by atoms with Crippen molar-refractivity contribution in [3.8, 4) is 0 Å². The SMILES string of the molecule is Fc1ccc([CH]CBr)c(Cl)c1. The molecule has 1 aromatic carbocycles. The van der Waals surface area contributed by atoms with Crippen LogP contribution in [0.3, 0.4) is 0 Å². The van der Waals surface area contributed by atoms with Crippen molar-refractivity contribution in [2.45, 2.75) is 0 Å². The third kappa shape index (κ3) is 2.46. The summed E-state index contributed by atoms with van der Waals surface area (Å²) in [6.07, 6.45) is 1.88. The maximum atomic E-state index is 12.5. The molecular weight excluding hydrogens is 230 g/mol. The Labute approximate surface area is 78.5 Å². The average Bonchev–Trinajstić information content (AvgIpc) is 1.95. The smallest absolute Gasteiger partial charge is 0.124 e. The standard InChI is InChI=1S/C8H6BrClF/c9-4-3-6-1-2-7(11)5-8(6)10/h1-3,5H,4H2. The minimum Gasteiger partial charge on any atom is -0.207 e. The lowest BCUT2D eigenvalue weighted by molar-refractivity contribution is 0.627. The van der Waals surface area contributed by atoms with E-state index in [1.54, 1.807) is 6.07 Å². The molecule has 0 heterocycles. The zero-order valence-corrected chi connectivity index (χ0v) is 7.99. The molecule has 0 amide bonds. The zero-order chi connectivity index (χ0) is 8.27. The number of hydrogen-bond donors (Lipinski definition) is 0. The van der Waals surface area contributed by atoms with E-state index in [0.29, 0.717) is 5.02 Å². The van der Waals surface area contributed by atoms with Gasteiger partial charge in [0.15, 0.2) is 0 Å². The molecule has 0 saturated carbocycles. The Kier molecular flexibility index (Phi) is 3.34. The van der Waals surface area contributed by atoms with Gasteiger partial charge < -0.3 is 0 Å². The van der Waals surface area contributed by atoms with Crippen LogP contribution in [0.1, 0.15) is 5.56 Å². The molecule has 0 unspecified atom stereocenters. The Morgan fingerprint density at radius 2 is 2.27 bits per heavy atom. The lowest BCUT2D eigenvalue weighted by atomic mass is 10.2. The van der Waals surface area contributed by atoms with E-state index in [1.807, 2.05) is 6.42 Å². The van der Waals surface area contributed by atoms with Crippen molar-refractivity contribution in [3.63, 3.8) is 0 Å². The highest BCUT2D eigenvalue weighted by molar-refractivity contribution is 9.09. The normalized spacial score (nSPS) is 10.1. The largest absolute Gasteiger partial charge is 0.207 e. The van der Waals surface area contributed by atoms with Crippen LogP contribution in [0, 0.1) is 12.2 Å². The van der Waals surface area contributed by atoms with E-state index in [0.717, 1.165) is 10.9 Å². The second kappa shape index (κ2) is 4.07. The lowest BCUT2D eigenvalue weighted by Gasteiger charge is -1.99. The summed E-state index contributed by atoms with van der Waals surface area (Å²) in [5, 5.41) is 1.17. The highest BCUT2D eigenvalue weighted by Gasteiger charge is 2.00. The summed E-state index contributed by atoms with van der Waals surface area (Å²) < 4.78 is 12.5. The molecule has 3 heteroatoms. The van der Waals surface area contributed by atoms with E-state index in [2.05, 4.69) is 15.9 Å². The summed E-state index contributed by atoms with van der Waals surface area (Å²) in [5.41, 5.74) is 0.852. The molecule has 1 rings (SSSR count). The molecular formula is C8H6BrClF. The first-order valence-electron chi connectivity index (χ1n) is 3.08. The summed E-state index contributed by atoms with van der Waals surface area (Å²) >= 11 is 8.95. The van der Waals surface area contributed by atoms with E-state index in [4.69, 9.17) is 11.6 Å². The molecule has 0 aliphatic rings. The Morgan fingerprint density at radius 1 is 1.55 bits per heavy atom. The van der Waals surface area contributed by atoms with Crippen LogP contribution >= 0.6 is 27.5 Å². The van der Waals surface area contributed by atoms with Gasteiger partial charge in [0, 0.05) is 16.8 Å². The van der Waals surface area contributed by atoms with Gasteiger partial charge in [0.05, 0.1) is 0 Å². The average molecular weight is 236 g/mol. The van der Waals surface area contributed by atoms with Crippen molar-refractivity contribution in [1.82, 2.24) is 0 Å². The highest BCUT2D eigenvalue weighted by atomic mass is 79.9. The molecule has 0 aliphatic heterocycles. The van der Waals surface area contributed by atoms with Crippen LogP contribution in [0.2, 0.25) is 5.02 Å². The number of rotatable bonds is 2. The number of hydrogen-bond acceptors (Lipinski definition) is 0. The minimum atomic E-state index is -0.304.